The zero-order chi connectivity index (χ0) is 45.4. The second-order valence-electron chi connectivity index (χ2n) is 15.5. The van der Waals surface area contributed by atoms with Crippen LogP contribution in [-0.2, 0) is 47.4 Å². The van der Waals surface area contributed by atoms with Gasteiger partial charge in [0.1, 0.15) is 47.1 Å². The summed E-state index contributed by atoms with van der Waals surface area (Å²) in [5.41, 5.74) is -3.76. The minimum Gasteiger partial charge on any atom is -0.346 e. The minimum atomic E-state index is -5.14. The Kier molecular flexibility index (Phi) is 11.7. The van der Waals surface area contributed by atoms with Gasteiger partial charge in [-0.3, -0.25) is 18.9 Å². The third-order valence-corrected chi connectivity index (χ3v) is 12.6. The molecule has 2 N–H and O–H groups in total. The van der Waals surface area contributed by atoms with Crippen molar-refractivity contribution in [2.24, 2.45) is 11.8 Å². The first-order valence-corrected chi connectivity index (χ1v) is 21.7. The first-order chi connectivity index (χ1) is 28.8. The zero-order valence-electron chi connectivity index (χ0n) is 33.0. The van der Waals surface area contributed by atoms with Crippen molar-refractivity contribution >= 4 is 57.0 Å². The molecule has 9 nitrogen and oxygen atoms in total. The molecule has 2 aliphatic rings. The zero-order valence-corrected chi connectivity index (χ0v) is 35.4. The number of thioether (sulfide) groups is 1. The highest BCUT2D eigenvalue weighted by Gasteiger charge is 2.72. The van der Waals surface area contributed by atoms with E-state index in [0.29, 0.717) is 15.4 Å². The van der Waals surface area contributed by atoms with Crippen molar-refractivity contribution in [3.63, 3.8) is 0 Å². The van der Waals surface area contributed by atoms with Gasteiger partial charge in [-0.05, 0) is 74.3 Å². The van der Waals surface area contributed by atoms with E-state index in [-0.39, 0.29) is 49.8 Å². The molecule has 0 bridgehead atoms. The van der Waals surface area contributed by atoms with E-state index in [2.05, 4.69) is 32.1 Å². The Labute approximate surface area is 358 Å². The van der Waals surface area contributed by atoms with Crippen molar-refractivity contribution in [3.05, 3.63) is 93.0 Å². The minimum absolute atomic E-state index is 0.00374. The highest BCUT2D eigenvalue weighted by molar-refractivity contribution is 8.00. The van der Waals surface area contributed by atoms with Crippen LogP contribution >= 0.6 is 23.4 Å². The molecule has 3 aromatic heterocycles. The van der Waals surface area contributed by atoms with Crippen LogP contribution in [0.5, 0.6) is 0 Å². The number of rotatable bonds is 11. The van der Waals surface area contributed by atoms with Crippen LogP contribution in [0.2, 0.25) is 5.02 Å². The number of anilines is 1. The van der Waals surface area contributed by atoms with E-state index in [4.69, 9.17) is 16.6 Å². The molecule has 0 spiro atoms. The van der Waals surface area contributed by atoms with Gasteiger partial charge in [0.2, 0.25) is 5.91 Å². The molecule has 5 atom stereocenters. The number of fused-ring (bicyclic) bond motifs is 4. The number of aromatic nitrogens is 5. The van der Waals surface area contributed by atoms with E-state index in [9.17, 15) is 44.1 Å². The standard InChI is InChI=1S/C40H34ClF10N7O2S2/c1-18-28-30-34(40(49,50)51)54-57(35(30)39(47,48)31(18)28)16-27(59)53-26(14-19-12-20(42)15-21(43)13-19)32-23(7-6-22(52-32)10-11-37(2,3)61-4)24-8-9-25(41)29-33(24)58(17-38(44,45)46)55-36(29)56-62(5)60/h6-9,12-13,15,18,26,28,31H,14,16-17H2,1-5H3,(H,53,59)(H,55,56)/t18-,26?,28?,31?,62?/m1/s1. The molecular formula is C40H34ClF10N7O2S2. The van der Waals surface area contributed by atoms with Crippen molar-refractivity contribution in [2.75, 3.05) is 17.2 Å². The second-order valence-corrected chi connectivity index (χ2v) is 18.4. The van der Waals surface area contributed by atoms with Gasteiger partial charge in [0.25, 0.3) is 5.92 Å². The number of nitrogens with zero attached hydrogens (tertiary/aromatic N) is 5. The lowest BCUT2D eigenvalue weighted by atomic mass is 9.93. The SMILES string of the molecule is CSC(C)(C)C#Cc1ccc(-c2ccc(Cl)c3c(NS(C)=O)nn(CC(F)(F)F)c23)c(C(Cc2cc(F)cc(F)c2)NC(=O)Cn2nc(C(F)(F)F)c3c2C(F)(F)C2C3[C@H]2C)n1. The van der Waals surface area contributed by atoms with Gasteiger partial charge < -0.3 is 5.32 Å². The molecule has 2 aromatic carbocycles. The number of alkyl halides is 8. The van der Waals surface area contributed by atoms with Crippen molar-refractivity contribution in [1.82, 2.24) is 29.9 Å². The Morgan fingerprint density at radius 1 is 1.02 bits per heavy atom. The number of nitrogens with one attached hydrogen (secondary N) is 2. The average Bonchev–Trinajstić information content (AvgIpc) is 3.37. The van der Waals surface area contributed by atoms with E-state index >= 15 is 8.78 Å². The summed E-state index contributed by atoms with van der Waals surface area (Å²) in [4.78, 5) is 18.7. The molecule has 2 aliphatic carbocycles. The van der Waals surface area contributed by atoms with Gasteiger partial charge in [0.05, 0.1) is 32.4 Å². The summed E-state index contributed by atoms with van der Waals surface area (Å²) < 4.78 is 161. The Balaban J connectivity index is 1.43. The first-order valence-electron chi connectivity index (χ1n) is 18.6. The van der Waals surface area contributed by atoms with Crippen LogP contribution in [0.25, 0.3) is 22.0 Å². The van der Waals surface area contributed by atoms with Crippen molar-refractivity contribution in [2.45, 2.75) is 75.3 Å². The number of halogens is 11. The van der Waals surface area contributed by atoms with Crippen molar-refractivity contribution in [3.8, 4) is 23.0 Å². The van der Waals surface area contributed by atoms with Crippen LogP contribution in [0, 0.1) is 35.3 Å². The van der Waals surface area contributed by atoms with Gasteiger partial charge in [0, 0.05) is 40.8 Å². The van der Waals surface area contributed by atoms with Gasteiger partial charge >= 0.3 is 12.4 Å². The maximum absolute atomic E-state index is 15.7. The van der Waals surface area contributed by atoms with Gasteiger partial charge in [0.15, 0.2) is 11.5 Å². The lowest BCUT2D eigenvalue weighted by Crippen LogP contribution is -2.35. The fourth-order valence-corrected chi connectivity index (χ4v) is 8.75. The van der Waals surface area contributed by atoms with E-state index in [1.807, 2.05) is 13.8 Å². The van der Waals surface area contributed by atoms with Gasteiger partial charge in [-0.15, -0.1) is 11.8 Å². The topological polar surface area (TPSA) is 107 Å². The summed E-state index contributed by atoms with van der Waals surface area (Å²) in [5.74, 6) is -4.65. The molecule has 62 heavy (non-hydrogen) atoms. The van der Waals surface area contributed by atoms with Crippen LogP contribution in [0.4, 0.5) is 49.7 Å². The van der Waals surface area contributed by atoms with E-state index in [1.54, 1.807) is 6.26 Å². The molecule has 330 valence electrons. The molecular weight excluding hydrogens is 900 g/mol. The Bertz CT molecular complexity index is 2680. The number of pyridine rings is 1. The summed E-state index contributed by atoms with van der Waals surface area (Å²) in [6, 6.07) is 6.39. The second kappa shape index (κ2) is 16.1. The maximum Gasteiger partial charge on any atom is 0.435 e. The Morgan fingerprint density at radius 3 is 2.29 bits per heavy atom. The number of carbonyl (C=O) groups excluding carboxylic acids is 1. The molecule has 0 aliphatic heterocycles. The highest BCUT2D eigenvalue weighted by atomic mass is 35.5. The predicted molar refractivity (Wildman–Crippen MR) is 214 cm³/mol. The predicted octanol–water partition coefficient (Wildman–Crippen LogP) is 9.56. The molecule has 22 heteroatoms. The first kappa shape index (κ1) is 45.2. The maximum atomic E-state index is 15.7. The lowest BCUT2D eigenvalue weighted by Gasteiger charge is -2.23. The quantitative estimate of drug-likeness (QED) is 0.101. The number of hydrogen-bond donors (Lipinski definition) is 2. The van der Waals surface area contributed by atoms with Gasteiger partial charge in [-0.25, -0.2) is 18.0 Å². The molecule has 1 fully saturated rings. The lowest BCUT2D eigenvalue weighted by molar-refractivity contribution is -0.143. The monoisotopic (exact) mass is 933 g/mol. The summed E-state index contributed by atoms with van der Waals surface area (Å²) in [6.07, 6.45) is -7.48. The van der Waals surface area contributed by atoms with Crippen molar-refractivity contribution < 1.29 is 52.9 Å². The number of amides is 1. The molecule has 1 amide bonds. The third-order valence-electron chi connectivity index (χ3n) is 10.7. The Morgan fingerprint density at radius 2 is 1.68 bits per heavy atom. The van der Waals surface area contributed by atoms with Crippen LogP contribution in [0.3, 0.4) is 0 Å². The molecule has 5 aromatic rings. The molecule has 1 saturated carbocycles. The number of hydrogen-bond acceptors (Lipinski definition) is 6. The van der Waals surface area contributed by atoms with E-state index in [1.165, 1.54) is 49.2 Å². The average molecular weight is 934 g/mol. The van der Waals surface area contributed by atoms with Crippen LogP contribution in [-0.4, -0.2) is 58.1 Å². The van der Waals surface area contributed by atoms with E-state index in [0.717, 1.165) is 12.1 Å². The number of benzene rings is 2. The largest absolute Gasteiger partial charge is 0.435 e. The fourth-order valence-electron chi connectivity index (χ4n) is 7.94. The smallest absolute Gasteiger partial charge is 0.346 e. The summed E-state index contributed by atoms with van der Waals surface area (Å²) in [7, 11) is -1.85. The summed E-state index contributed by atoms with van der Waals surface area (Å²) in [5, 5.41) is 9.86. The van der Waals surface area contributed by atoms with Crippen LogP contribution < -0.4 is 10.0 Å². The Hall–Kier alpha value is -4.81. The number of carbonyl (C=O) groups is 1. The van der Waals surface area contributed by atoms with Crippen LogP contribution in [0.1, 0.15) is 66.6 Å². The molecule has 4 unspecified atom stereocenters. The van der Waals surface area contributed by atoms with Crippen molar-refractivity contribution in [1.29, 1.82) is 0 Å². The molecule has 7 rings (SSSR count). The fraction of sp³-hybridized carbons (Fsp3) is 0.400. The normalized spacial score (nSPS) is 19.1. The highest BCUT2D eigenvalue weighted by Crippen LogP contribution is 2.71. The van der Waals surface area contributed by atoms with Crippen LogP contribution in [0.15, 0.2) is 42.5 Å². The van der Waals surface area contributed by atoms with Gasteiger partial charge in [-0.1, -0.05) is 30.5 Å². The molecule has 0 radical (unpaired) electrons. The molecule has 0 saturated heterocycles. The van der Waals surface area contributed by atoms with Gasteiger partial charge in [-0.2, -0.15) is 45.3 Å². The van der Waals surface area contributed by atoms with E-state index < -0.39 is 112 Å². The summed E-state index contributed by atoms with van der Waals surface area (Å²) >= 11 is 7.93. The molecule has 3 heterocycles. The summed E-state index contributed by atoms with van der Waals surface area (Å²) in [6.45, 7) is 2.19. The third kappa shape index (κ3) is 8.87.